The minimum atomic E-state index is -4.72. The van der Waals surface area contributed by atoms with Gasteiger partial charge in [-0.1, -0.05) is 43.3 Å². The van der Waals surface area contributed by atoms with E-state index in [4.69, 9.17) is 11.6 Å². The Morgan fingerprint density at radius 2 is 1.96 bits per heavy atom. The van der Waals surface area contributed by atoms with Crippen molar-refractivity contribution in [3.05, 3.63) is 35.7 Å². The highest BCUT2D eigenvalue weighted by atomic mass is 35.5. The Kier molecular flexibility index (Phi) is 5.92. The second-order valence-corrected chi connectivity index (χ2v) is 6.14. The van der Waals surface area contributed by atoms with Crippen molar-refractivity contribution in [3.63, 3.8) is 0 Å². The van der Waals surface area contributed by atoms with Crippen LogP contribution in [0.1, 0.15) is 31.7 Å². The number of aliphatic hydroxyl groups is 1. The summed E-state index contributed by atoms with van der Waals surface area (Å²) >= 11 is 6.00. The van der Waals surface area contributed by atoms with E-state index in [2.05, 4.69) is 20.0 Å². The largest absolute Gasteiger partial charge is 0.471 e. The molecule has 6 nitrogen and oxygen atoms in total. The molecule has 2 aromatic rings. The van der Waals surface area contributed by atoms with Crippen molar-refractivity contribution >= 4 is 17.5 Å². The summed E-state index contributed by atoms with van der Waals surface area (Å²) in [5.74, 6) is -1.98. The Labute approximate surface area is 152 Å². The van der Waals surface area contributed by atoms with Crippen LogP contribution in [-0.4, -0.2) is 33.3 Å². The van der Waals surface area contributed by atoms with E-state index in [1.165, 1.54) is 12.1 Å². The second-order valence-electron chi connectivity index (χ2n) is 5.87. The standard InChI is InChI=1S/C16H17ClF3N3O3/c1-3-11(24)21-13(25)15(2,8-17)10-6-4-9(5-7-10)12-22-14(26-23-12)16(18,19)20/h4-7,13,25H,3,8H2,1-2H3,(H,21,24). The molecule has 2 rings (SSSR count). The number of halogens is 4. The summed E-state index contributed by atoms with van der Waals surface area (Å²) in [6, 6.07) is 6.12. The first-order chi connectivity index (χ1) is 12.1. The Balaban J connectivity index is 2.26. The Hall–Kier alpha value is -2.13. The van der Waals surface area contributed by atoms with Crippen LogP contribution in [0.25, 0.3) is 11.4 Å². The highest BCUT2D eigenvalue weighted by Crippen LogP contribution is 2.32. The quantitative estimate of drug-likeness (QED) is 0.583. The molecule has 10 heteroatoms. The number of aromatic nitrogens is 2. The van der Waals surface area contributed by atoms with Crippen LogP contribution < -0.4 is 5.32 Å². The number of benzene rings is 1. The zero-order valence-corrected chi connectivity index (χ0v) is 14.7. The minimum absolute atomic E-state index is 0.00204. The second kappa shape index (κ2) is 7.63. The number of alkyl halides is 4. The van der Waals surface area contributed by atoms with E-state index in [-0.39, 0.29) is 24.0 Å². The lowest BCUT2D eigenvalue weighted by Gasteiger charge is -2.33. The van der Waals surface area contributed by atoms with Gasteiger partial charge in [-0.2, -0.15) is 18.2 Å². The van der Waals surface area contributed by atoms with Crippen LogP contribution >= 0.6 is 11.6 Å². The first-order valence-electron chi connectivity index (χ1n) is 7.67. The van der Waals surface area contributed by atoms with E-state index >= 15 is 0 Å². The molecule has 1 amide bonds. The third-order valence-corrected chi connectivity index (χ3v) is 4.53. The van der Waals surface area contributed by atoms with Crippen molar-refractivity contribution in [2.75, 3.05) is 5.88 Å². The molecule has 0 radical (unpaired) electrons. The first-order valence-corrected chi connectivity index (χ1v) is 8.20. The SMILES string of the molecule is CCC(=O)NC(O)C(C)(CCl)c1ccc(-c2noc(C(F)(F)F)n2)cc1. The molecular weight excluding hydrogens is 375 g/mol. The zero-order valence-electron chi connectivity index (χ0n) is 14.0. The summed E-state index contributed by atoms with van der Waals surface area (Å²) in [4.78, 5) is 14.8. The predicted molar refractivity (Wildman–Crippen MR) is 87.2 cm³/mol. The molecule has 1 aromatic heterocycles. The summed E-state index contributed by atoms with van der Waals surface area (Å²) in [6.45, 7) is 3.31. The van der Waals surface area contributed by atoms with Crippen LogP contribution in [0.5, 0.6) is 0 Å². The van der Waals surface area contributed by atoms with E-state index in [0.717, 1.165) is 0 Å². The van der Waals surface area contributed by atoms with Crippen LogP contribution in [0.4, 0.5) is 13.2 Å². The maximum absolute atomic E-state index is 12.5. The van der Waals surface area contributed by atoms with Crippen LogP contribution in [0, 0.1) is 0 Å². The van der Waals surface area contributed by atoms with Crippen LogP contribution in [0.15, 0.2) is 28.8 Å². The smallest absolute Gasteiger partial charge is 0.373 e. The van der Waals surface area contributed by atoms with E-state index in [1.807, 2.05) is 0 Å². The fraction of sp³-hybridized carbons (Fsp3) is 0.438. The van der Waals surface area contributed by atoms with Crippen molar-refractivity contribution in [1.29, 1.82) is 0 Å². The van der Waals surface area contributed by atoms with Gasteiger partial charge in [-0.25, -0.2) is 0 Å². The number of hydrogen-bond acceptors (Lipinski definition) is 5. The molecule has 2 atom stereocenters. The molecule has 0 spiro atoms. The fourth-order valence-electron chi connectivity index (χ4n) is 2.18. The molecule has 142 valence electrons. The minimum Gasteiger partial charge on any atom is -0.373 e. The lowest BCUT2D eigenvalue weighted by atomic mass is 9.82. The van der Waals surface area contributed by atoms with Gasteiger partial charge in [0.1, 0.15) is 6.23 Å². The molecule has 0 bridgehead atoms. The lowest BCUT2D eigenvalue weighted by Crippen LogP contribution is -2.50. The highest BCUT2D eigenvalue weighted by Gasteiger charge is 2.39. The molecule has 0 aliphatic carbocycles. The van der Waals surface area contributed by atoms with Crippen molar-refractivity contribution in [1.82, 2.24) is 15.5 Å². The normalized spacial score (nSPS) is 15.3. The number of carbonyl (C=O) groups excluding carboxylic acids is 1. The van der Waals surface area contributed by atoms with E-state index in [0.29, 0.717) is 11.1 Å². The molecule has 2 unspecified atom stereocenters. The molecule has 0 saturated heterocycles. The molecule has 2 N–H and O–H groups in total. The van der Waals surface area contributed by atoms with Crippen LogP contribution in [-0.2, 0) is 16.4 Å². The van der Waals surface area contributed by atoms with Crippen LogP contribution in [0.2, 0.25) is 0 Å². The topological polar surface area (TPSA) is 88.2 Å². The van der Waals surface area contributed by atoms with Crippen molar-refractivity contribution < 1.29 is 27.6 Å². The maximum Gasteiger partial charge on any atom is 0.471 e. The summed E-state index contributed by atoms with van der Waals surface area (Å²) in [5, 5.41) is 16.1. The van der Waals surface area contributed by atoms with E-state index in [9.17, 15) is 23.1 Å². The van der Waals surface area contributed by atoms with E-state index in [1.54, 1.807) is 26.0 Å². The molecule has 1 aromatic carbocycles. The third-order valence-electron chi connectivity index (χ3n) is 3.97. The van der Waals surface area contributed by atoms with Gasteiger partial charge < -0.3 is 14.9 Å². The molecular formula is C16H17ClF3N3O3. The van der Waals surface area contributed by atoms with Gasteiger partial charge in [0.15, 0.2) is 0 Å². The van der Waals surface area contributed by atoms with Gasteiger partial charge >= 0.3 is 12.1 Å². The lowest BCUT2D eigenvalue weighted by molar-refractivity contribution is -0.159. The average Bonchev–Trinajstić information content (AvgIpc) is 3.11. The average molecular weight is 392 g/mol. The Bertz CT molecular complexity index is 764. The molecule has 0 fully saturated rings. The van der Waals surface area contributed by atoms with Gasteiger partial charge in [-0.05, 0) is 5.56 Å². The maximum atomic E-state index is 12.5. The number of nitrogens with zero attached hydrogens (tertiary/aromatic N) is 2. The predicted octanol–water partition coefficient (Wildman–Crippen LogP) is 3.10. The highest BCUT2D eigenvalue weighted by molar-refractivity contribution is 6.18. The number of hydrogen-bond donors (Lipinski definition) is 2. The van der Waals surface area contributed by atoms with Gasteiger partial charge in [0, 0.05) is 17.9 Å². The summed E-state index contributed by atoms with van der Waals surface area (Å²) in [6.07, 6.45) is -5.75. The molecule has 1 heterocycles. The van der Waals surface area contributed by atoms with Crippen molar-refractivity contribution in [3.8, 4) is 11.4 Å². The molecule has 0 aliphatic heterocycles. The first kappa shape index (κ1) is 20.2. The molecule has 0 saturated carbocycles. The fourth-order valence-corrected chi connectivity index (χ4v) is 2.48. The van der Waals surface area contributed by atoms with Crippen molar-refractivity contribution in [2.24, 2.45) is 0 Å². The number of carbonyl (C=O) groups is 1. The number of aliphatic hydroxyl groups excluding tert-OH is 1. The summed E-state index contributed by atoms with van der Waals surface area (Å²) in [5.41, 5.74) is -0.115. The zero-order chi connectivity index (χ0) is 19.5. The van der Waals surface area contributed by atoms with Gasteiger partial charge in [0.25, 0.3) is 0 Å². The molecule has 26 heavy (non-hydrogen) atoms. The monoisotopic (exact) mass is 391 g/mol. The van der Waals surface area contributed by atoms with E-state index < -0.39 is 23.7 Å². The van der Waals surface area contributed by atoms with Gasteiger partial charge in [0.05, 0.1) is 5.41 Å². The summed E-state index contributed by atoms with van der Waals surface area (Å²) < 4.78 is 41.8. The number of rotatable bonds is 6. The van der Waals surface area contributed by atoms with Crippen LogP contribution in [0.3, 0.4) is 0 Å². The van der Waals surface area contributed by atoms with Gasteiger partial charge in [-0.3, -0.25) is 4.79 Å². The van der Waals surface area contributed by atoms with Crippen molar-refractivity contribution in [2.45, 2.75) is 38.1 Å². The molecule has 0 aliphatic rings. The Morgan fingerprint density at radius 1 is 1.35 bits per heavy atom. The number of amides is 1. The Morgan fingerprint density at radius 3 is 2.42 bits per heavy atom. The van der Waals surface area contributed by atoms with Gasteiger partial charge in [-0.15, -0.1) is 11.6 Å². The third kappa shape index (κ3) is 4.16. The summed E-state index contributed by atoms with van der Waals surface area (Å²) in [7, 11) is 0. The number of nitrogens with one attached hydrogen (secondary N) is 1. The van der Waals surface area contributed by atoms with Gasteiger partial charge in [0.2, 0.25) is 11.7 Å².